The molecule has 7 nitrogen and oxygen atoms in total. The maximum absolute atomic E-state index is 12.4. The minimum Gasteiger partial charge on any atom is -0.371 e. The van der Waals surface area contributed by atoms with Crippen LogP contribution in [0.2, 0.25) is 0 Å². The van der Waals surface area contributed by atoms with Gasteiger partial charge in [0.05, 0.1) is 10.9 Å². The van der Waals surface area contributed by atoms with Gasteiger partial charge in [-0.25, -0.2) is 4.79 Å². The number of aromatic amines is 1. The van der Waals surface area contributed by atoms with Crippen molar-refractivity contribution in [3.63, 3.8) is 0 Å². The van der Waals surface area contributed by atoms with Gasteiger partial charge in [-0.05, 0) is 42.7 Å². The first-order valence-corrected chi connectivity index (χ1v) is 10.8. The second kappa shape index (κ2) is 8.87. The average Bonchev–Trinajstić information content (AvgIpc) is 3.21. The molecule has 156 valence electrons. The van der Waals surface area contributed by atoms with E-state index in [1.54, 1.807) is 24.3 Å². The Morgan fingerprint density at radius 3 is 2.83 bits per heavy atom. The Morgan fingerprint density at radius 2 is 2.00 bits per heavy atom. The van der Waals surface area contributed by atoms with Gasteiger partial charge in [0.25, 0.3) is 5.56 Å². The maximum Gasteiger partial charge on any atom is 0.328 e. The molecule has 2 aromatic carbocycles. The Labute approximate surface area is 181 Å². The molecule has 1 saturated heterocycles. The number of halogens is 1. The molecule has 2 N–H and O–H groups in total. The molecule has 1 atom stereocenters. The molecular weight excluding hydrogens is 448 g/mol. The van der Waals surface area contributed by atoms with E-state index in [-0.39, 0.29) is 18.9 Å². The summed E-state index contributed by atoms with van der Waals surface area (Å²) in [7, 11) is 0. The molecule has 0 spiro atoms. The van der Waals surface area contributed by atoms with E-state index in [4.69, 9.17) is 0 Å². The number of benzene rings is 2. The number of nitrogens with one attached hydrogen (secondary N) is 2. The highest BCUT2D eigenvalue weighted by atomic mass is 79.9. The summed E-state index contributed by atoms with van der Waals surface area (Å²) < 4.78 is 2.50. The Hall–Kier alpha value is -2.87. The quantitative estimate of drug-likeness (QED) is 0.579. The highest BCUT2D eigenvalue weighted by molar-refractivity contribution is 9.10. The maximum atomic E-state index is 12.4. The lowest BCUT2D eigenvalue weighted by Crippen LogP contribution is -2.34. The summed E-state index contributed by atoms with van der Waals surface area (Å²) in [6.07, 6.45) is 1.20. The molecule has 30 heavy (non-hydrogen) atoms. The molecule has 0 radical (unpaired) electrons. The van der Waals surface area contributed by atoms with Crippen molar-refractivity contribution in [2.75, 3.05) is 24.5 Å². The van der Waals surface area contributed by atoms with Gasteiger partial charge in [0.2, 0.25) is 5.91 Å². The van der Waals surface area contributed by atoms with Crippen LogP contribution in [0.4, 0.5) is 5.69 Å². The van der Waals surface area contributed by atoms with E-state index in [1.807, 2.05) is 12.1 Å². The number of carbonyl (C=O) groups is 1. The topological polar surface area (TPSA) is 87.2 Å². The van der Waals surface area contributed by atoms with Gasteiger partial charge in [0.15, 0.2) is 0 Å². The third-order valence-electron chi connectivity index (χ3n) is 5.51. The molecule has 3 aromatic rings. The standard InChI is InChI=1S/C22H23BrN4O3/c23-16-4-3-5-17(12-16)26-10-8-15(14-26)13-24-20(28)9-11-27-19-7-2-1-6-18(19)21(29)25-22(27)30/h1-7,12,15H,8-11,13-14H2,(H,24,28)(H,25,29,30). The molecule has 8 heteroatoms. The number of H-pyrrole nitrogens is 1. The van der Waals surface area contributed by atoms with Gasteiger partial charge in [-0.15, -0.1) is 0 Å². The second-order valence-electron chi connectivity index (χ2n) is 7.56. The molecular formula is C22H23BrN4O3. The number of nitrogens with zero attached hydrogens (tertiary/aromatic N) is 2. The Morgan fingerprint density at radius 1 is 1.17 bits per heavy atom. The molecule has 1 aromatic heterocycles. The predicted octanol–water partition coefficient (Wildman–Crippen LogP) is 2.49. The van der Waals surface area contributed by atoms with Gasteiger partial charge in [0, 0.05) is 42.8 Å². The van der Waals surface area contributed by atoms with Crippen molar-refractivity contribution >= 4 is 38.4 Å². The van der Waals surface area contributed by atoms with Crippen LogP contribution < -0.4 is 21.5 Å². The van der Waals surface area contributed by atoms with Gasteiger partial charge < -0.3 is 10.2 Å². The van der Waals surface area contributed by atoms with E-state index in [0.717, 1.165) is 24.0 Å². The van der Waals surface area contributed by atoms with E-state index < -0.39 is 11.2 Å². The van der Waals surface area contributed by atoms with E-state index in [1.165, 1.54) is 10.3 Å². The molecule has 2 heterocycles. The molecule has 0 bridgehead atoms. The third-order valence-corrected chi connectivity index (χ3v) is 6.01. The SMILES string of the molecule is O=C(CCn1c(=O)[nH]c(=O)c2ccccc21)NCC1CCN(c2cccc(Br)c2)C1. The number of amides is 1. The average molecular weight is 471 g/mol. The highest BCUT2D eigenvalue weighted by Crippen LogP contribution is 2.25. The molecule has 0 aliphatic carbocycles. The predicted molar refractivity (Wildman–Crippen MR) is 121 cm³/mol. The minimum absolute atomic E-state index is 0.0990. The molecule has 4 rings (SSSR count). The fourth-order valence-electron chi connectivity index (χ4n) is 3.93. The Kier molecular flexibility index (Phi) is 6.03. The Balaban J connectivity index is 1.32. The van der Waals surface area contributed by atoms with Crippen molar-refractivity contribution in [3.05, 3.63) is 73.8 Å². The van der Waals surface area contributed by atoms with Gasteiger partial charge in [-0.2, -0.15) is 0 Å². The van der Waals surface area contributed by atoms with Crippen molar-refractivity contribution in [3.8, 4) is 0 Å². The van der Waals surface area contributed by atoms with Gasteiger partial charge in [-0.1, -0.05) is 34.1 Å². The van der Waals surface area contributed by atoms with E-state index >= 15 is 0 Å². The van der Waals surface area contributed by atoms with Crippen LogP contribution in [0.15, 0.2) is 62.6 Å². The number of para-hydroxylation sites is 1. The van der Waals surface area contributed by atoms with Crippen molar-refractivity contribution in [2.24, 2.45) is 5.92 Å². The number of aromatic nitrogens is 2. The van der Waals surface area contributed by atoms with Crippen LogP contribution in [0, 0.1) is 5.92 Å². The molecule has 1 aliphatic heterocycles. The smallest absolute Gasteiger partial charge is 0.328 e. The summed E-state index contributed by atoms with van der Waals surface area (Å²) in [6, 6.07) is 15.1. The first kappa shape index (κ1) is 20.4. The van der Waals surface area contributed by atoms with Gasteiger partial charge in [0.1, 0.15) is 0 Å². The number of anilines is 1. The summed E-state index contributed by atoms with van der Waals surface area (Å²) in [5, 5.41) is 3.44. The van der Waals surface area contributed by atoms with Crippen molar-refractivity contribution in [2.45, 2.75) is 19.4 Å². The normalized spacial score (nSPS) is 16.2. The second-order valence-corrected chi connectivity index (χ2v) is 8.48. The van der Waals surface area contributed by atoms with Crippen molar-refractivity contribution in [1.29, 1.82) is 0 Å². The molecule has 1 amide bonds. The van der Waals surface area contributed by atoms with Crippen LogP contribution >= 0.6 is 15.9 Å². The summed E-state index contributed by atoms with van der Waals surface area (Å²) in [5.41, 5.74) is 0.821. The zero-order valence-corrected chi connectivity index (χ0v) is 18.0. The summed E-state index contributed by atoms with van der Waals surface area (Å²) >= 11 is 3.51. The third kappa shape index (κ3) is 4.48. The lowest BCUT2D eigenvalue weighted by molar-refractivity contribution is -0.121. The lowest BCUT2D eigenvalue weighted by atomic mass is 10.1. The number of hydrogen-bond donors (Lipinski definition) is 2. The van der Waals surface area contributed by atoms with Crippen LogP contribution in [0.1, 0.15) is 12.8 Å². The monoisotopic (exact) mass is 470 g/mol. The number of hydrogen-bond acceptors (Lipinski definition) is 4. The van der Waals surface area contributed by atoms with Crippen LogP contribution in [-0.4, -0.2) is 35.1 Å². The largest absolute Gasteiger partial charge is 0.371 e. The summed E-state index contributed by atoms with van der Waals surface area (Å²) in [6.45, 7) is 2.71. The van der Waals surface area contributed by atoms with Crippen molar-refractivity contribution in [1.82, 2.24) is 14.9 Å². The van der Waals surface area contributed by atoms with Crippen LogP contribution in [0.5, 0.6) is 0 Å². The lowest BCUT2D eigenvalue weighted by Gasteiger charge is -2.19. The first-order valence-electron chi connectivity index (χ1n) is 10.0. The number of carbonyl (C=O) groups excluding carboxylic acids is 1. The van der Waals surface area contributed by atoms with Crippen LogP contribution in [0.25, 0.3) is 10.9 Å². The van der Waals surface area contributed by atoms with E-state index in [2.05, 4.69) is 43.3 Å². The van der Waals surface area contributed by atoms with Crippen LogP contribution in [-0.2, 0) is 11.3 Å². The summed E-state index contributed by atoms with van der Waals surface area (Å²) in [4.78, 5) is 41.1. The minimum atomic E-state index is -0.494. The van der Waals surface area contributed by atoms with E-state index in [9.17, 15) is 14.4 Å². The number of rotatable bonds is 6. The van der Waals surface area contributed by atoms with Gasteiger partial charge >= 0.3 is 5.69 Å². The van der Waals surface area contributed by atoms with Crippen LogP contribution in [0.3, 0.4) is 0 Å². The zero-order chi connectivity index (χ0) is 21.1. The number of aryl methyl sites for hydroxylation is 1. The highest BCUT2D eigenvalue weighted by Gasteiger charge is 2.23. The fraction of sp³-hybridized carbons (Fsp3) is 0.318. The summed E-state index contributed by atoms with van der Waals surface area (Å²) in [5.74, 6) is 0.294. The molecule has 1 unspecified atom stereocenters. The fourth-order valence-corrected chi connectivity index (χ4v) is 4.32. The van der Waals surface area contributed by atoms with Gasteiger partial charge in [-0.3, -0.25) is 19.1 Å². The molecule has 1 fully saturated rings. The van der Waals surface area contributed by atoms with Crippen molar-refractivity contribution < 1.29 is 4.79 Å². The molecule has 0 saturated carbocycles. The Bertz CT molecular complexity index is 1190. The zero-order valence-electron chi connectivity index (χ0n) is 16.4. The number of fused-ring (bicyclic) bond motifs is 1. The molecule has 1 aliphatic rings. The van der Waals surface area contributed by atoms with E-state index in [0.29, 0.717) is 23.4 Å². The first-order chi connectivity index (χ1) is 14.5.